The average Bonchev–Trinajstić information content (AvgIpc) is 3.04. The van der Waals surface area contributed by atoms with E-state index in [1.54, 1.807) is 12.3 Å². The van der Waals surface area contributed by atoms with Gasteiger partial charge in [-0.15, -0.1) is 0 Å². The van der Waals surface area contributed by atoms with Gasteiger partial charge >= 0.3 is 0 Å². The first-order valence-electron chi connectivity index (χ1n) is 5.04. The molecule has 1 aliphatic carbocycles. The SMILES string of the molecule is O=c1[nH]c2nc(NC3CC3)ncc2cc1Br. The van der Waals surface area contributed by atoms with Gasteiger partial charge < -0.3 is 10.3 Å². The van der Waals surface area contributed by atoms with Crippen LogP contribution in [0.5, 0.6) is 0 Å². The van der Waals surface area contributed by atoms with E-state index in [0.717, 1.165) is 18.2 Å². The van der Waals surface area contributed by atoms with Crippen molar-refractivity contribution in [1.82, 2.24) is 15.0 Å². The molecule has 1 aliphatic rings. The van der Waals surface area contributed by atoms with Gasteiger partial charge in [-0.05, 0) is 34.8 Å². The lowest BCUT2D eigenvalue weighted by atomic mass is 10.3. The number of rotatable bonds is 2. The molecule has 0 spiro atoms. The number of aromatic amines is 1. The molecule has 5 nitrogen and oxygen atoms in total. The average molecular weight is 281 g/mol. The second-order valence-electron chi connectivity index (χ2n) is 3.86. The number of aromatic nitrogens is 3. The van der Waals surface area contributed by atoms with Gasteiger partial charge in [0.25, 0.3) is 5.56 Å². The maximum Gasteiger partial charge on any atom is 0.263 e. The van der Waals surface area contributed by atoms with Crippen LogP contribution in [0.1, 0.15) is 12.8 Å². The van der Waals surface area contributed by atoms with Crippen LogP contribution in [0.3, 0.4) is 0 Å². The molecule has 82 valence electrons. The van der Waals surface area contributed by atoms with Crippen molar-refractivity contribution in [3.8, 4) is 0 Å². The number of fused-ring (bicyclic) bond motifs is 1. The fourth-order valence-corrected chi connectivity index (χ4v) is 1.79. The minimum absolute atomic E-state index is 0.177. The number of nitrogens with zero attached hydrogens (tertiary/aromatic N) is 2. The van der Waals surface area contributed by atoms with E-state index in [1.165, 1.54) is 0 Å². The number of anilines is 1. The lowest BCUT2D eigenvalue weighted by Gasteiger charge is -2.03. The number of pyridine rings is 1. The molecular weight excluding hydrogens is 272 g/mol. The number of nitrogens with one attached hydrogen (secondary N) is 2. The Morgan fingerprint density at radius 1 is 1.50 bits per heavy atom. The Labute approximate surface area is 99.4 Å². The van der Waals surface area contributed by atoms with E-state index < -0.39 is 0 Å². The second-order valence-corrected chi connectivity index (χ2v) is 4.72. The highest BCUT2D eigenvalue weighted by atomic mass is 79.9. The second kappa shape index (κ2) is 3.55. The van der Waals surface area contributed by atoms with Crippen molar-refractivity contribution in [2.45, 2.75) is 18.9 Å². The summed E-state index contributed by atoms with van der Waals surface area (Å²) < 4.78 is 0.492. The normalized spacial score (nSPS) is 15.3. The summed E-state index contributed by atoms with van der Waals surface area (Å²) >= 11 is 3.17. The van der Waals surface area contributed by atoms with E-state index in [2.05, 4.69) is 36.2 Å². The molecule has 2 heterocycles. The van der Waals surface area contributed by atoms with Gasteiger partial charge in [0.1, 0.15) is 5.65 Å². The summed E-state index contributed by atoms with van der Waals surface area (Å²) in [5.74, 6) is 0.577. The summed E-state index contributed by atoms with van der Waals surface area (Å²) in [6.45, 7) is 0. The van der Waals surface area contributed by atoms with Crippen LogP contribution >= 0.6 is 15.9 Å². The lowest BCUT2D eigenvalue weighted by molar-refractivity contribution is 1.06. The molecule has 2 aromatic rings. The molecule has 6 heteroatoms. The monoisotopic (exact) mass is 280 g/mol. The van der Waals surface area contributed by atoms with Crippen LogP contribution < -0.4 is 10.9 Å². The molecule has 0 radical (unpaired) electrons. The van der Waals surface area contributed by atoms with Gasteiger partial charge in [0.15, 0.2) is 0 Å². The summed E-state index contributed by atoms with van der Waals surface area (Å²) in [5.41, 5.74) is 0.384. The summed E-state index contributed by atoms with van der Waals surface area (Å²) in [4.78, 5) is 22.5. The van der Waals surface area contributed by atoms with E-state index in [9.17, 15) is 4.79 Å². The van der Waals surface area contributed by atoms with E-state index >= 15 is 0 Å². The molecule has 0 unspecified atom stereocenters. The molecular formula is C10H9BrN4O. The quantitative estimate of drug-likeness (QED) is 0.878. The van der Waals surface area contributed by atoms with Gasteiger partial charge in [0.05, 0.1) is 4.47 Å². The Balaban J connectivity index is 2.08. The molecule has 2 N–H and O–H groups in total. The molecule has 1 fully saturated rings. The van der Waals surface area contributed by atoms with Crippen molar-refractivity contribution in [2.75, 3.05) is 5.32 Å². The van der Waals surface area contributed by atoms with Crippen LogP contribution in [0.4, 0.5) is 5.95 Å². The van der Waals surface area contributed by atoms with E-state index in [4.69, 9.17) is 0 Å². The molecule has 0 aliphatic heterocycles. The molecule has 0 saturated heterocycles. The van der Waals surface area contributed by atoms with Gasteiger partial charge in [0, 0.05) is 17.6 Å². The summed E-state index contributed by atoms with van der Waals surface area (Å²) in [6.07, 6.45) is 4.03. The molecule has 16 heavy (non-hydrogen) atoms. The Hall–Kier alpha value is -1.43. The third-order valence-corrected chi connectivity index (χ3v) is 3.05. The minimum atomic E-state index is -0.177. The maximum absolute atomic E-state index is 11.4. The Bertz CT molecular complexity index is 605. The van der Waals surface area contributed by atoms with Gasteiger partial charge in [-0.2, -0.15) is 4.98 Å². The zero-order valence-corrected chi connectivity index (χ0v) is 9.91. The van der Waals surface area contributed by atoms with E-state index in [0.29, 0.717) is 22.1 Å². The van der Waals surface area contributed by atoms with Crippen molar-refractivity contribution in [3.63, 3.8) is 0 Å². The van der Waals surface area contributed by atoms with Gasteiger partial charge in [0.2, 0.25) is 5.95 Å². The van der Waals surface area contributed by atoms with E-state index in [1.807, 2.05) is 0 Å². The Kier molecular flexibility index (Phi) is 2.17. The topological polar surface area (TPSA) is 70.7 Å². The van der Waals surface area contributed by atoms with Gasteiger partial charge in [-0.1, -0.05) is 0 Å². The summed E-state index contributed by atoms with van der Waals surface area (Å²) in [7, 11) is 0. The van der Waals surface area contributed by atoms with Crippen molar-refractivity contribution in [2.24, 2.45) is 0 Å². The van der Waals surface area contributed by atoms with Crippen LogP contribution in [0, 0.1) is 0 Å². The predicted octanol–water partition coefficient (Wildman–Crippen LogP) is 1.65. The highest BCUT2D eigenvalue weighted by Crippen LogP contribution is 2.23. The largest absolute Gasteiger partial charge is 0.351 e. The van der Waals surface area contributed by atoms with Crippen LogP contribution in [0.15, 0.2) is 21.5 Å². The molecule has 3 rings (SSSR count). The Morgan fingerprint density at radius 2 is 2.31 bits per heavy atom. The minimum Gasteiger partial charge on any atom is -0.351 e. The van der Waals surface area contributed by atoms with Crippen molar-refractivity contribution < 1.29 is 0 Å². The first-order valence-corrected chi connectivity index (χ1v) is 5.84. The molecule has 1 saturated carbocycles. The number of hydrogen-bond acceptors (Lipinski definition) is 4. The highest BCUT2D eigenvalue weighted by Gasteiger charge is 2.21. The first-order chi connectivity index (χ1) is 7.72. The van der Waals surface area contributed by atoms with Crippen LogP contribution in [0.2, 0.25) is 0 Å². The third kappa shape index (κ3) is 1.80. The number of H-pyrrole nitrogens is 1. The lowest BCUT2D eigenvalue weighted by Crippen LogP contribution is -2.10. The van der Waals surface area contributed by atoms with Crippen molar-refractivity contribution in [3.05, 3.63) is 27.1 Å². The Morgan fingerprint density at radius 3 is 3.06 bits per heavy atom. The molecule has 0 amide bonds. The standard InChI is InChI=1S/C10H9BrN4O/c11-7-3-5-4-12-10(13-6-1-2-6)15-8(5)14-9(7)16/h3-4,6H,1-2H2,(H2,12,13,14,15,16). The number of halogens is 1. The van der Waals surface area contributed by atoms with Crippen LogP contribution in [-0.2, 0) is 0 Å². The first kappa shape index (κ1) is 9.77. The predicted molar refractivity (Wildman–Crippen MR) is 64.5 cm³/mol. The highest BCUT2D eigenvalue weighted by molar-refractivity contribution is 9.10. The zero-order chi connectivity index (χ0) is 11.1. The summed E-state index contributed by atoms with van der Waals surface area (Å²) in [5, 5.41) is 4.00. The van der Waals surface area contributed by atoms with E-state index in [-0.39, 0.29) is 5.56 Å². The van der Waals surface area contributed by atoms with Crippen LogP contribution in [-0.4, -0.2) is 21.0 Å². The summed E-state index contributed by atoms with van der Waals surface area (Å²) in [6, 6.07) is 2.22. The smallest absolute Gasteiger partial charge is 0.263 e. The van der Waals surface area contributed by atoms with Gasteiger partial charge in [-0.25, -0.2) is 4.98 Å². The fraction of sp³-hybridized carbons (Fsp3) is 0.300. The van der Waals surface area contributed by atoms with Gasteiger partial charge in [-0.3, -0.25) is 4.79 Å². The third-order valence-electron chi connectivity index (χ3n) is 2.46. The molecule has 0 atom stereocenters. The fourth-order valence-electron chi connectivity index (χ4n) is 1.45. The number of hydrogen-bond donors (Lipinski definition) is 2. The van der Waals surface area contributed by atoms with Crippen LogP contribution in [0.25, 0.3) is 11.0 Å². The van der Waals surface area contributed by atoms with Crippen molar-refractivity contribution >= 4 is 32.9 Å². The maximum atomic E-state index is 11.4. The molecule has 2 aromatic heterocycles. The molecule has 0 aromatic carbocycles. The zero-order valence-electron chi connectivity index (χ0n) is 8.33. The van der Waals surface area contributed by atoms with Crippen molar-refractivity contribution in [1.29, 1.82) is 0 Å². The molecule has 0 bridgehead atoms.